The monoisotopic (exact) mass is 268 g/mol. The smallest absolute Gasteiger partial charge is 0.336 e. The van der Waals surface area contributed by atoms with E-state index in [2.05, 4.69) is 15.9 Å². The van der Waals surface area contributed by atoms with E-state index >= 15 is 0 Å². The summed E-state index contributed by atoms with van der Waals surface area (Å²) in [5, 5.41) is 1.65. The van der Waals surface area contributed by atoms with Crippen molar-refractivity contribution in [3.63, 3.8) is 0 Å². The van der Waals surface area contributed by atoms with Gasteiger partial charge in [0, 0.05) is 16.8 Å². The Hall–Kier alpha value is -1.29. The van der Waals surface area contributed by atoms with E-state index in [1.165, 1.54) is 6.07 Å². The fourth-order valence-corrected chi connectivity index (χ4v) is 1.46. The topological polar surface area (TPSA) is 39.4 Å². The van der Waals surface area contributed by atoms with Crippen LogP contribution in [0.25, 0.3) is 11.0 Å². The molecule has 0 aliphatic carbocycles. The Morgan fingerprint density at radius 2 is 2.13 bits per heavy atom. The maximum Gasteiger partial charge on any atom is 0.336 e. The highest BCUT2D eigenvalue weighted by Crippen LogP contribution is 2.19. The lowest BCUT2D eigenvalue weighted by Crippen LogP contribution is -1.98. The maximum absolute atomic E-state index is 10.9. The minimum atomic E-state index is -0.336. The lowest BCUT2D eigenvalue weighted by Gasteiger charge is -2.04. The Morgan fingerprint density at radius 3 is 2.93 bits per heavy atom. The van der Waals surface area contributed by atoms with Gasteiger partial charge in [-0.2, -0.15) is 0 Å². The van der Waals surface area contributed by atoms with Crippen molar-refractivity contribution in [3.8, 4) is 5.75 Å². The Balaban J connectivity index is 2.39. The zero-order valence-corrected chi connectivity index (χ0v) is 9.49. The van der Waals surface area contributed by atoms with Gasteiger partial charge in [-0.25, -0.2) is 4.79 Å². The summed E-state index contributed by atoms with van der Waals surface area (Å²) in [5.74, 6) is 0.774. The maximum atomic E-state index is 10.9. The molecule has 0 N–H and O–H groups in total. The lowest BCUT2D eigenvalue weighted by atomic mass is 10.2. The summed E-state index contributed by atoms with van der Waals surface area (Å²) in [7, 11) is 0. The van der Waals surface area contributed by atoms with Crippen LogP contribution in [0.5, 0.6) is 5.75 Å². The third-order valence-electron chi connectivity index (χ3n) is 1.94. The van der Waals surface area contributed by atoms with Gasteiger partial charge < -0.3 is 9.15 Å². The van der Waals surface area contributed by atoms with Crippen molar-refractivity contribution in [2.45, 2.75) is 0 Å². The van der Waals surface area contributed by atoms with Crippen molar-refractivity contribution in [2.75, 3.05) is 11.9 Å². The summed E-state index contributed by atoms with van der Waals surface area (Å²) in [5.41, 5.74) is 0.241. The molecule has 0 saturated heterocycles. The molecular formula is C11H9BrO3. The molecule has 4 heteroatoms. The minimum Gasteiger partial charge on any atom is -0.493 e. The third-order valence-corrected chi connectivity index (χ3v) is 2.26. The molecule has 1 aromatic heterocycles. The summed E-state index contributed by atoms with van der Waals surface area (Å²) in [6, 6.07) is 8.49. The molecule has 1 aromatic carbocycles. The summed E-state index contributed by atoms with van der Waals surface area (Å²) in [6.07, 6.45) is 0. The third kappa shape index (κ3) is 2.39. The summed E-state index contributed by atoms with van der Waals surface area (Å²) >= 11 is 3.28. The summed E-state index contributed by atoms with van der Waals surface area (Å²) in [6.45, 7) is 0.613. The van der Waals surface area contributed by atoms with Crippen LogP contribution < -0.4 is 10.4 Å². The first kappa shape index (κ1) is 10.2. The van der Waals surface area contributed by atoms with Crippen LogP contribution >= 0.6 is 15.9 Å². The molecule has 0 saturated carbocycles. The number of ether oxygens (including phenoxy) is 1. The van der Waals surface area contributed by atoms with Gasteiger partial charge in [0.15, 0.2) is 0 Å². The van der Waals surface area contributed by atoms with Crippen LogP contribution in [-0.4, -0.2) is 11.9 Å². The normalized spacial score (nSPS) is 10.5. The molecule has 0 aliphatic rings. The van der Waals surface area contributed by atoms with Gasteiger partial charge in [0.05, 0.1) is 6.61 Å². The van der Waals surface area contributed by atoms with E-state index in [9.17, 15) is 4.79 Å². The van der Waals surface area contributed by atoms with E-state index in [4.69, 9.17) is 9.15 Å². The molecule has 0 spiro atoms. The number of benzene rings is 1. The van der Waals surface area contributed by atoms with Crippen molar-refractivity contribution in [3.05, 3.63) is 40.8 Å². The number of alkyl halides is 1. The Morgan fingerprint density at radius 1 is 1.27 bits per heavy atom. The molecule has 78 valence electrons. The quantitative estimate of drug-likeness (QED) is 0.635. The second-order valence-corrected chi connectivity index (χ2v) is 3.78. The molecule has 0 fully saturated rings. The summed E-state index contributed by atoms with van der Waals surface area (Å²) < 4.78 is 10.4. The minimum absolute atomic E-state index is 0.336. The molecule has 0 bridgehead atoms. The molecule has 0 aliphatic heterocycles. The van der Waals surface area contributed by atoms with Crippen molar-refractivity contribution in [1.82, 2.24) is 0 Å². The number of halogens is 1. The molecule has 2 aromatic rings. The highest BCUT2D eigenvalue weighted by molar-refractivity contribution is 9.09. The standard InChI is InChI=1S/C11H9BrO3/c12-5-6-14-9-2-3-10-8(7-9)1-4-11(13)15-10/h1-4,7H,5-6H2. The van der Waals surface area contributed by atoms with Gasteiger partial charge in [0.2, 0.25) is 0 Å². The SMILES string of the molecule is O=c1ccc2cc(OCCBr)ccc2o1. The highest BCUT2D eigenvalue weighted by atomic mass is 79.9. The van der Waals surface area contributed by atoms with Gasteiger partial charge in [-0.3, -0.25) is 0 Å². The van der Waals surface area contributed by atoms with Crippen molar-refractivity contribution in [2.24, 2.45) is 0 Å². The van der Waals surface area contributed by atoms with Crippen LogP contribution in [-0.2, 0) is 0 Å². The molecule has 2 rings (SSSR count). The first-order valence-corrected chi connectivity index (χ1v) is 5.64. The Labute approximate surface area is 94.8 Å². The lowest BCUT2D eigenvalue weighted by molar-refractivity contribution is 0.345. The van der Waals surface area contributed by atoms with Crippen LogP contribution in [0, 0.1) is 0 Å². The van der Waals surface area contributed by atoms with Crippen LogP contribution in [0.4, 0.5) is 0 Å². The van der Waals surface area contributed by atoms with Gasteiger partial charge >= 0.3 is 5.63 Å². The Bertz CT molecular complexity index is 518. The largest absolute Gasteiger partial charge is 0.493 e. The molecule has 1 heterocycles. The predicted molar refractivity (Wildman–Crippen MR) is 61.8 cm³/mol. The number of fused-ring (bicyclic) bond motifs is 1. The fourth-order valence-electron chi connectivity index (χ4n) is 1.30. The van der Waals surface area contributed by atoms with Gasteiger partial charge in [0.1, 0.15) is 11.3 Å². The second-order valence-electron chi connectivity index (χ2n) is 2.99. The molecular weight excluding hydrogens is 260 g/mol. The molecule has 15 heavy (non-hydrogen) atoms. The zero-order chi connectivity index (χ0) is 10.7. The highest BCUT2D eigenvalue weighted by Gasteiger charge is 1.99. The van der Waals surface area contributed by atoms with Crippen molar-refractivity contribution < 1.29 is 9.15 Å². The van der Waals surface area contributed by atoms with Gasteiger partial charge in [-0.15, -0.1) is 0 Å². The predicted octanol–water partition coefficient (Wildman–Crippen LogP) is 2.57. The number of hydrogen-bond acceptors (Lipinski definition) is 3. The molecule has 0 atom stereocenters. The number of rotatable bonds is 3. The average molecular weight is 269 g/mol. The first-order chi connectivity index (χ1) is 7.29. The van der Waals surface area contributed by atoms with E-state index in [1.807, 2.05) is 6.07 Å². The van der Waals surface area contributed by atoms with E-state index in [0.717, 1.165) is 16.5 Å². The van der Waals surface area contributed by atoms with Crippen LogP contribution in [0.2, 0.25) is 0 Å². The second kappa shape index (κ2) is 4.49. The first-order valence-electron chi connectivity index (χ1n) is 4.52. The zero-order valence-electron chi connectivity index (χ0n) is 7.90. The van der Waals surface area contributed by atoms with Crippen molar-refractivity contribution >= 4 is 26.9 Å². The van der Waals surface area contributed by atoms with Crippen LogP contribution in [0.1, 0.15) is 0 Å². The van der Waals surface area contributed by atoms with E-state index in [0.29, 0.717) is 12.2 Å². The van der Waals surface area contributed by atoms with E-state index in [-0.39, 0.29) is 5.63 Å². The van der Waals surface area contributed by atoms with Crippen LogP contribution in [0.3, 0.4) is 0 Å². The van der Waals surface area contributed by atoms with Crippen LogP contribution in [0.15, 0.2) is 39.5 Å². The Kier molecular flexibility index (Phi) is 3.06. The molecule has 0 amide bonds. The average Bonchev–Trinajstić information content (AvgIpc) is 2.26. The summed E-state index contributed by atoms with van der Waals surface area (Å²) in [4.78, 5) is 10.9. The van der Waals surface area contributed by atoms with Gasteiger partial charge in [-0.05, 0) is 24.3 Å². The molecule has 3 nitrogen and oxygen atoms in total. The van der Waals surface area contributed by atoms with E-state index < -0.39 is 0 Å². The van der Waals surface area contributed by atoms with E-state index in [1.54, 1.807) is 18.2 Å². The fraction of sp³-hybridized carbons (Fsp3) is 0.182. The molecule has 0 unspecified atom stereocenters. The number of hydrogen-bond donors (Lipinski definition) is 0. The van der Waals surface area contributed by atoms with Gasteiger partial charge in [-0.1, -0.05) is 15.9 Å². The van der Waals surface area contributed by atoms with Crippen molar-refractivity contribution in [1.29, 1.82) is 0 Å². The van der Waals surface area contributed by atoms with Gasteiger partial charge in [0.25, 0.3) is 0 Å². The molecule has 0 radical (unpaired) electrons.